The highest BCUT2D eigenvalue weighted by molar-refractivity contribution is 5.15. The third-order valence-corrected chi connectivity index (χ3v) is 2.51. The Hall–Kier alpha value is -1.08. The Morgan fingerprint density at radius 3 is 2.31 bits per heavy atom. The van der Waals surface area contributed by atoms with Crippen LogP contribution in [0.2, 0.25) is 0 Å². The standard InChI is InChI=1S/C15H24O/c1-5-13(2)8-6-9-14(3)10-7-11-15(4)12-16/h5,8-9,11,16H,1,6-7,10,12H2,2-4H3/b13-8+,14-9+,15-11+. The quantitative estimate of drug-likeness (QED) is 0.504. The van der Waals surface area contributed by atoms with Crippen LogP contribution in [0.1, 0.15) is 40.0 Å². The molecular weight excluding hydrogens is 196 g/mol. The first kappa shape index (κ1) is 14.9. The van der Waals surface area contributed by atoms with Crippen molar-refractivity contribution in [3.63, 3.8) is 0 Å². The minimum Gasteiger partial charge on any atom is -0.392 e. The smallest absolute Gasteiger partial charge is 0.0639 e. The van der Waals surface area contributed by atoms with Gasteiger partial charge in [0.05, 0.1) is 6.61 Å². The maximum atomic E-state index is 8.83. The van der Waals surface area contributed by atoms with E-state index < -0.39 is 0 Å². The Kier molecular flexibility index (Phi) is 8.55. The van der Waals surface area contributed by atoms with Gasteiger partial charge in [-0.2, -0.15) is 0 Å². The first-order chi connectivity index (χ1) is 7.60. The molecule has 1 nitrogen and oxygen atoms in total. The lowest BCUT2D eigenvalue weighted by Gasteiger charge is -1.99. The predicted octanol–water partition coefficient (Wildman–Crippen LogP) is 4.17. The van der Waals surface area contributed by atoms with Crippen molar-refractivity contribution in [2.75, 3.05) is 6.61 Å². The molecule has 1 N–H and O–H groups in total. The molecule has 0 rings (SSSR count). The van der Waals surface area contributed by atoms with E-state index in [-0.39, 0.29) is 6.61 Å². The van der Waals surface area contributed by atoms with Crippen LogP contribution in [0, 0.1) is 0 Å². The average molecular weight is 220 g/mol. The molecule has 0 radical (unpaired) electrons. The van der Waals surface area contributed by atoms with Gasteiger partial charge in [-0.25, -0.2) is 0 Å². The highest BCUT2D eigenvalue weighted by Gasteiger charge is 1.89. The zero-order valence-electron chi connectivity index (χ0n) is 10.8. The van der Waals surface area contributed by atoms with Crippen molar-refractivity contribution in [3.8, 4) is 0 Å². The number of allylic oxidation sites excluding steroid dienone is 6. The molecule has 0 fully saturated rings. The molecule has 0 aromatic rings. The highest BCUT2D eigenvalue weighted by Crippen LogP contribution is 2.08. The van der Waals surface area contributed by atoms with E-state index in [1.165, 1.54) is 11.1 Å². The van der Waals surface area contributed by atoms with Crippen LogP contribution in [0.3, 0.4) is 0 Å². The number of rotatable bonds is 7. The monoisotopic (exact) mass is 220 g/mol. The second kappa shape index (κ2) is 9.17. The molecule has 0 aliphatic carbocycles. The lowest BCUT2D eigenvalue weighted by molar-refractivity contribution is 0.331. The van der Waals surface area contributed by atoms with E-state index in [1.807, 2.05) is 13.0 Å². The summed E-state index contributed by atoms with van der Waals surface area (Å²) in [6.07, 6.45) is 11.4. The van der Waals surface area contributed by atoms with E-state index in [1.54, 1.807) is 0 Å². The SMILES string of the molecule is C=C/C(C)=C/C/C=C(\C)CC/C=C(\C)CO. The zero-order valence-corrected chi connectivity index (χ0v) is 10.8. The summed E-state index contributed by atoms with van der Waals surface area (Å²) < 4.78 is 0. The van der Waals surface area contributed by atoms with Gasteiger partial charge in [0.15, 0.2) is 0 Å². The van der Waals surface area contributed by atoms with Crippen molar-refractivity contribution in [3.05, 3.63) is 47.6 Å². The number of hydrogen-bond donors (Lipinski definition) is 1. The summed E-state index contributed by atoms with van der Waals surface area (Å²) in [4.78, 5) is 0. The van der Waals surface area contributed by atoms with E-state index in [2.05, 4.69) is 38.7 Å². The number of hydrogen-bond acceptors (Lipinski definition) is 1. The van der Waals surface area contributed by atoms with E-state index in [4.69, 9.17) is 5.11 Å². The maximum absolute atomic E-state index is 8.83. The fraction of sp³-hybridized carbons (Fsp3) is 0.467. The summed E-state index contributed by atoms with van der Waals surface area (Å²) in [6.45, 7) is 10.1. The topological polar surface area (TPSA) is 20.2 Å². The van der Waals surface area contributed by atoms with Gasteiger partial charge >= 0.3 is 0 Å². The molecule has 0 unspecified atom stereocenters. The number of aliphatic hydroxyl groups is 1. The van der Waals surface area contributed by atoms with Crippen LogP contribution in [-0.4, -0.2) is 11.7 Å². The Balaban J connectivity index is 3.93. The molecule has 16 heavy (non-hydrogen) atoms. The van der Waals surface area contributed by atoms with Crippen LogP contribution in [0.5, 0.6) is 0 Å². The minimum absolute atomic E-state index is 0.171. The Morgan fingerprint density at radius 1 is 1.06 bits per heavy atom. The van der Waals surface area contributed by atoms with Gasteiger partial charge < -0.3 is 5.11 Å². The van der Waals surface area contributed by atoms with Crippen molar-refractivity contribution in [2.45, 2.75) is 40.0 Å². The molecule has 0 bridgehead atoms. The largest absolute Gasteiger partial charge is 0.392 e. The fourth-order valence-corrected chi connectivity index (χ4v) is 1.24. The van der Waals surface area contributed by atoms with Gasteiger partial charge in [0.25, 0.3) is 0 Å². The maximum Gasteiger partial charge on any atom is 0.0639 e. The Labute approximate surface area is 99.9 Å². The van der Waals surface area contributed by atoms with Crippen LogP contribution in [0.15, 0.2) is 47.6 Å². The van der Waals surface area contributed by atoms with E-state index in [0.29, 0.717) is 0 Å². The Morgan fingerprint density at radius 2 is 1.75 bits per heavy atom. The third kappa shape index (κ3) is 8.25. The lowest BCUT2D eigenvalue weighted by atomic mass is 10.1. The molecule has 0 aliphatic heterocycles. The molecule has 0 heterocycles. The predicted molar refractivity (Wildman–Crippen MR) is 72.4 cm³/mol. The molecule has 0 spiro atoms. The molecule has 0 aromatic carbocycles. The fourth-order valence-electron chi connectivity index (χ4n) is 1.24. The molecule has 90 valence electrons. The van der Waals surface area contributed by atoms with Gasteiger partial charge in [-0.15, -0.1) is 0 Å². The lowest BCUT2D eigenvalue weighted by Crippen LogP contribution is -1.84. The summed E-state index contributed by atoms with van der Waals surface area (Å²) in [5.41, 5.74) is 3.67. The van der Waals surface area contributed by atoms with Crippen molar-refractivity contribution in [1.29, 1.82) is 0 Å². The second-order valence-electron chi connectivity index (χ2n) is 4.19. The van der Waals surface area contributed by atoms with E-state index in [0.717, 1.165) is 24.8 Å². The Bertz CT molecular complexity index is 293. The van der Waals surface area contributed by atoms with Gasteiger partial charge in [-0.3, -0.25) is 0 Å². The first-order valence-corrected chi connectivity index (χ1v) is 5.81. The molecule has 0 saturated heterocycles. The van der Waals surface area contributed by atoms with Crippen LogP contribution in [-0.2, 0) is 0 Å². The van der Waals surface area contributed by atoms with Gasteiger partial charge in [0.1, 0.15) is 0 Å². The minimum atomic E-state index is 0.171. The van der Waals surface area contributed by atoms with E-state index >= 15 is 0 Å². The zero-order chi connectivity index (χ0) is 12.4. The molecule has 0 atom stereocenters. The summed E-state index contributed by atoms with van der Waals surface area (Å²) in [5, 5.41) is 8.83. The summed E-state index contributed by atoms with van der Waals surface area (Å²) in [7, 11) is 0. The number of aliphatic hydroxyl groups excluding tert-OH is 1. The van der Waals surface area contributed by atoms with Gasteiger partial charge in [-0.1, -0.05) is 47.6 Å². The normalized spacial score (nSPS) is 14.1. The van der Waals surface area contributed by atoms with Gasteiger partial charge in [-0.05, 0) is 40.0 Å². The van der Waals surface area contributed by atoms with Crippen LogP contribution in [0.4, 0.5) is 0 Å². The molecule has 1 heteroatoms. The summed E-state index contributed by atoms with van der Waals surface area (Å²) >= 11 is 0. The first-order valence-electron chi connectivity index (χ1n) is 5.81. The van der Waals surface area contributed by atoms with Crippen LogP contribution >= 0.6 is 0 Å². The van der Waals surface area contributed by atoms with E-state index in [9.17, 15) is 0 Å². The third-order valence-electron chi connectivity index (χ3n) is 2.51. The van der Waals surface area contributed by atoms with Crippen molar-refractivity contribution in [1.82, 2.24) is 0 Å². The highest BCUT2D eigenvalue weighted by atomic mass is 16.3. The molecular formula is C15H24O. The summed E-state index contributed by atoms with van der Waals surface area (Å²) in [6, 6.07) is 0. The van der Waals surface area contributed by atoms with Crippen molar-refractivity contribution < 1.29 is 5.11 Å². The molecule has 0 aliphatic rings. The average Bonchev–Trinajstić information content (AvgIpc) is 2.28. The van der Waals surface area contributed by atoms with Crippen molar-refractivity contribution in [2.24, 2.45) is 0 Å². The van der Waals surface area contributed by atoms with Crippen LogP contribution in [0.25, 0.3) is 0 Å². The summed E-state index contributed by atoms with van der Waals surface area (Å²) in [5.74, 6) is 0. The molecule has 0 saturated carbocycles. The van der Waals surface area contributed by atoms with Crippen LogP contribution < -0.4 is 0 Å². The molecule has 0 amide bonds. The van der Waals surface area contributed by atoms with Gasteiger partial charge in [0, 0.05) is 0 Å². The molecule has 0 aromatic heterocycles. The van der Waals surface area contributed by atoms with Gasteiger partial charge in [0.2, 0.25) is 0 Å². The second-order valence-corrected chi connectivity index (χ2v) is 4.19. The van der Waals surface area contributed by atoms with Crippen molar-refractivity contribution >= 4 is 0 Å².